The summed E-state index contributed by atoms with van der Waals surface area (Å²) in [7, 11) is 0. The Bertz CT molecular complexity index is 1180. The summed E-state index contributed by atoms with van der Waals surface area (Å²) < 4.78 is 0. The smallest absolute Gasteiger partial charge is 0.276 e. The van der Waals surface area contributed by atoms with Crippen LogP contribution in [0.15, 0.2) is 65.6 Å². The Morgan fingerprint density at radius 3 is 2.35 bits per heavy atom. The van der Waals surface area contributed by atoms with Crippen LogP contribution in [0.3, 0.4) is 0 Å². The molecule has 4 rings (SSSR count). The Kier molecular flexibility index (Phi) is 3.58. The van der Waals surface area contributed by atoms with Gasteiger partial charge in [0, 0.05) is 17.3 Å². The van der Waals surface area contributed by atoms with Crippen molar-refractivity contribution in [2.45, 2.75) is 0 Å². The highest BCUT2D eigenvalue weighted by Gasteiger charge is 2.11. The van der Waals surface area contributed by atoms with E-state index < -0.39 is 5.56 Å². The first-order valence-corrected chi connectivity index (χ1v) is 7.94. The van der Waals surface area contributed by atoms with E-state index >= 15 is 0 Å². The number of hydrogen-bond donors (Lipinski definition) is 4. The van der Waals surface area contributed by atoms with E-state index in [-0.39, 0.29) is 22.8 Å². The molecule has 6 nitrogen and oxygen atoms in total. The minimum Gasteiger partial charge on any atom is -0.507 e. The molecule has 0 amide bonds. The van der Waals surface area contributed by atoms with Gasteiger partial charge in [0.2, 0.25) is 0 Å². The fourth-order valence-electron chi connectivity index (χ4n) is 2.89. The second kappa shape index (κ2) is 5.93. The molecule has 0 bridgehead atoms. The molecule has 0 aliphatic heterocycles. The topological polar surface area (TPSA) is 112 Å². The summed E-state index contributed by atoms with van der Waals surface area (Å²) in [5, 5.41) is 20.5. The number of H-pyrrole nitrogens is 1. The molecule has 2 aromatic carbocycles. The zero-order valence-corrected chi connectivity index (χ0v) is 13.6. The predicted molar refractivity (Wildman–Crippen MR) is 101 cm³/mol. The van der Waals surface area contributed by atoms with Crippen molar-refractivity contribution >= 4 is 16.7 Å². The molecule has 0 radical (unpaired) electrons. The molecule has 0 aliphatic rings. The van der Waals surface area contributed by atoms with Gasteiger partial charge >= 0.3 is 0 Å². The van der Waals surface area contributed by atoms with Crippen molar-refractivity contribution in [3.8, 4) is 33.8 Å². The molecule has 2 heterocycles. The van der Waals surface area contributed by atoms with E-state index in [0.717, 1.165) is 22.3 Å². The second-order valence-corrected chi connectivity index (χ2v) is 5.93. The first-order chi connectivity index (χ1) is 12.5. The maximum absolute atomic E-state index is 11.6. The molecule has 0 atom stereocenters. The third kappa shape index (κ3) is 2.53. The Labute approximate surface area is 148 Å². The highest BCUT2D eigenvalue weighted by atomic mass is 16.3. The molecule has 2 aromatic heterocycles. The summed E-state index contributed by atoms with van der Waals surface area (Å²) in [5.41, 5.74) is 8.35. The number of nitrogen functional groups attached to an aromatic ring is 1. The number of hydrogen-bond acceptors (Lipinski definition) is 5. The number of phenols is 1. The van der Waals surface area contributed by atoms with Crippen molar-refractivity contribution in [2.75, 3.05) is 5.73 Å². The van der Waals surface area contributed by atoms with Gasteiger partial charge in [0.15, 0.2) is 5.75 Å². The van der Waals surface area contributed by atoms with E-state index in [2.05, 4.69) is 9.97 Å². The van der Waals surface area contributed by atoms with Crippen LogP contribution in [-0.2, 0) is 0 Å². The lowest BCUT2D eigenvalue weighted by atomic mass is 10.00. The van der Waals surface area contributed by atoms with Gasteiger partial charge in [-0.25, -0.2) is 4.98 Å². The number of nitrogens with zero attached hydrogens (tertiary/aromatic N) is 1. The van der Waals surface area contributed by atoms with Gasteiger partial charge in [-0.2, -0.15) is 0 Å². The highest BCUT2D eigenvalue weighted by Crippen LogP contribution is 2.32. The number of rotatable bonds is 2. The number of aromatic amines is 1. The maximum atomic E-state index is 11.6. The molecule has 0 fully saturated rings. The van der Waals surface area contributed by atoms with Crippen molar-refractivity contribution in [3.63, 3.8) is 0 Å². The second-order valence-electron chi connectivity index (χ2n) is 5.93. The Balaban J connectivity index is 1.78. The largest absolute Gasteiger partial charge is 0.507 e. The average Bonchev–Trinajstić information content (AvgIpc) is 2.67. The molecule has 0 saturated carbocycles. The molecule has 5 N–H and O–H groups in total. The van der Waals surface area contributed by atoms with Crippen LogP contribution < -0.4 is 11.3 Å². The van der Waals surface area contributed by atoms with Gasteiger partial charge in [-0.15, -0.1) is 0 Å². The quantitative estimate of drug-likeness (QED) is 0.445. The molecular weight excluding hydrogens is 330 g/mol. The van der Waals surface area contributed by atoms with Crippen molar-refractivity contribution in [2.24, 2.45) is 0 Å². The van der Waals surface area contributed by atoms with Crippen LogP contribution in [0.2, 0.25) is 0 Å². The number of pyridine rings is 2. The van der Waals surface area contributed by atoms with Crippen LogP contribution in [0.1, 0.15) is 0 Å². The van der Waals surface area contributed by atoms with Crippen LogP contribution in [0.25, 0.3) is 33.3 Å². The van der Waals surface area contributed by atoms with Gasteiger partial charge in [0.1, 0.15) is 17.1 Å². The standard InChI is InChI=1S/C20H15N3O3/c21-17-18(25)15-9-13(10-22-19(15)23-20(17)26)11-5-7-12(8-6-11)14-3-1-2-4-16(14)24/h1-10,24H,21H2,(H2,22,23,25,26). The van der Waals surface area contributed by atoms with Crippen LogP contribution in [-0.4, -0.2) is 20.2 Å². The van der Waals surface area contributed by atoms with Crippen molar-refractivity contribution in [1.29, 1.82) is 0 Å². The van der Waals surface area contributed by atoms with Crippen molar-refractivity contribution in [1.82, 2.24) is 9.97 Å². The van der Waals surface area contributed by atoms with E-state index in [0.29, 0.717) is 5.39 Å². The Hall–Kier alpha value is -3.80. The monoisotopic (exact) mass is 345 g/mol. The van der Waals surface area contributed by atoms with Crippen LogP contribution in [0.5, 0.6) is 11.5 Å². The number of nitrogens with two attached hydrogens (primary N) is 1. The van der Waals surface area contributed by atoms with Crippen molar-refractivity contribution < 1.29 is 10.2 Å². The molecular formula is C20H15N3O3. The van der Waals surface area contributed by atoms with E-state index in [9.17, 15) is 15.0 Å². The molecule has 4 aromatic rings. The van der Waals surface area contributed by atoms with Crippen LogP contribution in [0.4, 0.5) is 5.69 Å². The highest BCUT2D eigenvalue weighted by molar-refractivity contribution is 5.90. The number of nitrogens with one attached hydrogen (secondary N) is 1. The summed E-state index contributed by atoms with van der Waals surface area (Å²) >= 11 is 0. The lowest BCUT2D eigenvalue weighted by Crippen LogP contribution is -2.12. The molecule has 0 spiro atoms. The van der Waals surface area contributed by atoms with Gasteiger partial charge in [-0.1, -0.05) is 42.5 Å². The fraction of sp³-hybridized carbons (Fsp3) is 0. The number of phenolic OH excluding ortho intramolecular Hbond substituents is 1. The van der Waals surface area contributed by atoms with Gasteiger partial charge in [0.05, 0.1) is 5.39 Å². The lowest BCUT2D eigenvalue weighted by Gasteiger charge is -2.08. The summed E-state index contributed by atoms with van der Waals surface area (Å²) in [6.45, 7) is 0. The summed E-state index contributed by atoms with van der Waals surface area (Å²) in [6.07, 6.45) is 1.61. The number of aromatic nitrogens is 2. The van der Waals surface area contributed by atoms with Crippen LogP contribution >= 0.6 is 0 Å². The molecule has 0 unspecified atom stereocenters. The summed E-state index contributed by atoms with van der Waals surface area (Å²) in [4.78, 5) is 18.3. The third-order valence-corrected chi connectivity index (χ3v) is 4.31. The van der Waals surface area contributed by atoms with Gasteiger partial charge < -0.3 is 20.9 Å². The first-order valence-electron chi connectivity index (χ1n) is 7.94. The number of benzene rings is 2. The minimum atomic E-state index is -0.567. The minimum absolute atomic E-state index is 0.219. The zero-order valence-electron chi connectivity index (χ0n) is 13.6. The van der Waals surface area contributed by atoms with E-state index in [1.807, 2.05) is 36.4 Å². The van der Waals surface area contributed by atoms with E-state index in [1.54, 1.807) is 24.4 Å². The maximum Gasteiger partial charge on any atom is 0.276 e. The normalized spacial score (nSPS) is 10.9. The number of fused-ring (bicyclic) bond motifs is 1. The predicted octanol–water partition coefficient (Wildman–Crippen LogP) is 3.25. The molecule has 0 aliphatic carbocycles. The lowest BCUT2D eigenvalue weighted by molar-refractivity contribution is 0.477. The molecule has 128 valence electrons. The SMILES string of the molecule is Nc1c(O)c2cc(-c3ccc(-c4ccccc4O)cc3)cnc2[nH]c1=O. The zero-order chi connectivity index (χ0) is 18.3. The van der Waals surface area contributed by atoms with E-state index in [1.165, 1.54) is 0 Å². The summed E-state index contributed by atoms with van der Waals surface area (Å²) in [6, 6.07) is 16.4. The third-order valence-electron chi connectivity index (χ3n) is 4.31. The van der Waals surface area contributed by atoms with E-state index in [4.69, 9.17) is 5.73 Å². The Morgan fingerprint density at radius 1 is 0.923 bits per heavy atom. The van der Waals surface area contributed by atoms with Gasteiger partial charge in [-0.05, 0) is 23.3 Å². The average molecular weight is 345 g/mol. The molecule has 26 heavy (non-hydrogen) atoms. The molecule has 0 saturated heterocycles. The Morgan fingerprint density at radius 2 is 1.62 bits per heavy atom. The fourth-order valence-corrected chi connectivity index (χ4v) is 2.89. The van der Waals surface area contributed by atoms with Gasteiger partial charge in [-0.3, -0.25) is 4.79 Å². The molecule has 6 heteroatoms. The number of anilines is 1. The first kappa shape index (κ1) is 15.7. The summed E-state index contributed by atoms with van der Waals surface area (Å²) in [5.74, 6) is -0.0547. The number of para-hydroxylation sites is 1. The van der Waals surface area contributed by atoms with Crippen molar-refractivity contribution in [3.05, 3.63) is 71.1 Å². The van der Waals surface area contributed by atoms with Crippen LogP contribution in [0, 0.1) is 0 Å². The van der Waals surface area contributed by atoms with Gasteiger partial charge in [0.25, 0.3) is 5.56 Å². The number of aromatic hydroxyl groups is 2.